The SMILES string of the molecule is Brc1ccc(N2C3CCCCC3SC3CCCCC32)cc1. The second-order valence-corrected chi connectivity index (χ2v) is 9.20. The molecule has 1 aliphatic heterocycles. The predicted octanol–water partition coefficient (Wildman–Crippen LogP) is 5.62. The minimum absolute atomic E-state index is 0.782. The van der Waals surface area contributed by atoms with Crippen molar-refractivity contribution >= 4 is 33.4 Å². The lowest BCUT2D eigenvalue weighted by Crippen LogP contribution is -2.59. The van der Waals surface area contributed by atoms with Gasteiger partial charge in [0.1, 0.15) is 0 Å². The number of halogens is 1. The summed E-state index contributed by atoms with van der Waals surface area (Å²) >= 11 is 5.93. The average Bonchev–Trinajstić information content (AvgIpc) is 2.53. The van der Waals surface area contributed by atoms with Gasteiger partial charge in [-0.1, -0.05) is 41.6 Å². The van der Waals surface area contributed by atoms with Gasteiger partial charge in [-0.3, -0.25) is 0 Å². The molecule has 1 heterocycles. The summed E-state index contributed by atoms with van der Waals surface area (Å²) in [6, 6.07) is 10.7. The maximum Gasteiger partial charge on any atom is 0.0412 e. The molecule has 3 heteroatoms. The number of hydrogen-bond donors (Lipinski definition) is 0. The Hall–Kier alpha value is -0.150. The summed E-state index contributed by atoms with van der Waals surface area (Å²) in [7, 11) is 0. The van der Waals surface area contributed by atoms with Gasteiger partial charge in [-0.2, -0.15) is 11.8 Å². The van der Waals surface area contributed by atoms with Crippen molar-refractivity contribution < 1.29 is 0 Å². The smallest absolute Gasteiger partial charge is 0.0412 e. The van der Waals surface area contributed by atoms with E-state index < -0.39 is 0 Å². The van der Waals surface area contributed by atoms with Gasteiger partial charge in [-0.05, 0) is 49.9 Å². The second kappa shape index (κ2) is 6.16. The van der Waals surface area contributed by atoms with Crippen LogP contribution >= 0.6 is 27.7 Å². The van der Waals surface area contributed by atoms with Crippen LogP contribution in [0.25, 0.3) is 0 Å². The molecule has 4 rings (SSSR count). The molecule has 0 radical (unpaired) electrons. The Labute approximate surface area is 141 Å². The number of thioether (sulfide) groups is 1. The predicted molar refractivity (Wildman–Crippen MR) is 96.3 cm³/mol. The van der Waals surface area contributed by atoms with E-state index in [4.69, 9.17) is 0 Å². The molecule has 2 aliphatic carbocycles. The van der Waals surface area contributed by atoms with Crippen LogP contribution in [0.4, 0.5) is 5.69 Å². The molecule has 1 aromatic rings. The maximum atomic E-state index is 3.58. The molecule has 1 aromatic carbocycles. The Kier molecular flexibility index (Phi) is 4.23. The summed E-state index contributed by atoms with van der Waals surface area (Å²) in [5, 5.41) is 1.75. The van der Waals surface area contributed by atoms with E-state index in [1.54, 1.807) is 0 Å². The minimum Gasteiger partial charge on any atom is -0.363 e. The van der Waals surface area contributed by atoms with Gasteiger partial charge in [0.15, 0.2) is 0 Å². The molecule has 1 nitrogen and oxygen atoms in total. The van der Waals surface area contributed by atoms with Crippen LogP contribution in [0.5, 0.6) is 0 Å². The third-order valence-corrected chi connectivity index (χ3v) is 7.85. The molecule has 3 fully saturated rings. The van der Waals surface area contributed by atoms with E-state index in [1.165, 1.54) is 61.5 Å². The minimum atomic E-state index is 0.782. The van der Waals surface area contributed by atoms with Crippen molar-refractivity contribution in [2.45, 2.75) is 74.0 Å². The molecule has 0 bridgehead atoms. The number of hydrogen-bond acceptors (Lipinski definition) is 2. The zero-order valence-electron chi connectivity index (χ0n) is 12.5. The maximum absolute atomic E-state index is 3.58. The van der Waals surface area contributed by atoms with Crippen molar-refractivity contribution in [3.8, 4) is 0 Å². The summed E-state index contributed by atoms with van der Waals surface area (Å²) in [5.74, 6) is 0. The molecule has 2 saturated carbocycles. The van der Waals surface area contributed by atoms with Gasteiger partial charge in [0.05, 0.1) is 0 Å². The van der Waals surface area contributed by atoms with E-state index in [2.05, 4.69) is 56.9 Å². The van der Waals surface area contributed by atoms with Crippen LogP contribution in [0.15, 0.2) is 28.7 Å². The molecule has 0 amide bonds. The fraction of sp³-hybridized carbons (Fsp3) is 0.667. The van der Waals surface area contributed by atoms with Crippen LogP contribution in [0.1, 0.15) is 51.4 Å². The Morgan fingerprint density at radius 1 is 0.810 bits per heavy atom. The van der Waals surface area contributed by atoms with E-state index in [1.807, 2.05) is 0 Å². The Balaban J connectivity index is 1.69. The van der Waals surface area contributed by atoms with E-state index in [-0.39, 0.29) is 0 Å². The van der Waals surface area contributed by atoms with Gasteiger partial charge >= 0.3 is 0 Å². The van der Waals surface area contributed by atoms with Crippen molar-refractivity contribution in [3.05, 3.63) is 28.7 Å². The van der Waals surface area contributed by atoms with Gasteiger partial charge < -0.3 is 4.90 Å². The van der Waals surface area contributed by atoms with Crippen LogP contribution in [-0.4, -0.2) is 22.6 Å². The highest BCUT2D eigenvalue weighted by Gasteiger charge is 2.44. The third-order valence-electron chi connectivity index (χ3n) is 5.52. The molecule has 4 atom stereocenters. The first kappa shape index (κ1) is 14.4. The molecule has 3 aliphatic rings. The molecule has 0 spiro atoms. The van der Waals surface area contributed by atoms with Crippen molar-refractivity contribution in [3.63, 3.8) is 0 Å². The number of anilines is 1. The highest BCUT2D eigenvalue weighted by Crippen LogP contribution is 2.47. The zero-order chi connectivity index (χ0) is 14.2. The summed E-state index contributed by atoms with van der Waals surface area (Å²) < 4.78 is 1.19. The number of benzene rings is 1. The second-order valence-electron chi connectivity index (χ2n) is 6.80. The highest BCUT2D eigenvalue weighted by molar-refractivity contribution is 9.10. The molecular formula is C18H24BrNS. The van der Waals surface area contributed by atoms with Crippen molar-refractivity contribution in [1.29, 1.82) is 0 Å². The normalized spacial score (nSPS) is 36.0. The molecule has 114 valence electrons. The lowest BCUT2D eigenvalue weighted by atomic mass is 9.86. The van der Waals surface area contributed by atoms with Crippen LogP contribution < -0.4 is 4.90 Å². The Bertz CT molecular complexity index is 466. The molecular weight excluding hydrogens is 342 g/mol. The first-order valence-corrected chi connectivity index (χ1v) is 10.3. The van der Waals surface area contributed by atoms with E-state index in [9.17, 15) is 0 Å². The lowest BCUT2D eigenvalue weighted by molar-refractivity contribution is 0.332. The summed E-state index contributed by atoms with van der Waals surface area (Å²) in [4.78, 5) is 2.84. The lowest BCUT2D eigenvalue weighted by Gasteiger charge is -2.54. The summed E-state index contributed by atoms with van der Waals surface area (Å²) in [6.45, 7) is 0. The van der Waals surface area contributed by atoms with E-state index >= 15 is 0 Å². The van der Waals surface area contributed by atoms with Crippen molar-refractivity contribution in [2.24, 2.45) is 0 Å². The van der Waals surface area contributed by atoms with Crippen molar-refractivity contribution in [2.75, 3.05) is 4.90 Å². The monoisotopic (exact) mass is 365 g/mol. The number of fused-ring (bicyclic) bond motifs is 2. The first-order chi connectivity index (χ1) is 10.3. The topological polar surface area (TPSA) is 3.24 Å². The van der Waals surface area contributed by atoms with Gasteiger partial charge in [-0.15, -0.1) is 0 Å². The molecule has 0 aromatic heterocycles. The van der Waals surface area contributed by atoms with E-state index in [0.29, 0.717) is 0 Å². The van der Waals surface area contributed by atoms with Crippen molar-refractivity contribution in [1.82, 2.24) is 0 Å². The van der Waals surface area contributed by atoms with Gasteiger partial charge in [0, 0.05) is 32.7 Å². The average molecular weight is 366 g/mol. The fourth-order valence-corrected chi connectivity index (χ4v) is 6.79. The molecule has 1 saturated heterocycles. The molecule has 4 unspecified atom stereocenters. The quantitative estimate of drug-likeness (QED) is 0.634. The summed E-state index contributed by atoms with van der Waals surface area (Å²) in [6.07, 6.45) is 11.4. The highest BCUT2D eigenvalue weighted by atomic mass is 79.9. The van der Waals surface area contributed by atoms with Gasteiger partial charge in [-0.25, -0.2) is 0 Å². The van der Waals surface area contributed by atoms with Crippen LogP contribution in [0, 0.1) is 0 Å². The fourth-order valence-electron chi connectivity index (χ4n) is 4.58. The molecule has 21 heavy (non-hydrogen) atoms. The largest absolute Gasteiger partial charge is 0.363 e. The number of rotatable bonds is 1. The summed E-state index contributed by atoms with van der Waals surface area (Å²) in [5.41, 5.74) is 1.47. The molecule has 0 N–H and O–H groups in total. The van der Waals surface area contributed by atoms with Gasteiger partial charge in [0.2, 0.25) is 0 Å². The first-order valence-electron chi connectivity index (χ1n) is 8.52. The third kappa shape index (κ3) is 2.76. The van der Waals surface area contributed by atoms with Gasteiger partial charge in [0.25, 0.3) is 0 Å². The van der Waals surface area contributed by atoms with Crippen LogP contribution in [0.2, 0.25) is 0 Å². The van der Waals surface area contributed by atoms with Crippen LogP contribution in [-0.2, 0) is 0 Å². The van der Waals surface area contributed by atoms with Crippen LogP contribution in [0.3, 0.4) is 0 Å². The zero-order valence-corrected chi connectivity index (χ0v) is 14.9. The standard InChI is InChI=1S/C18H24BrNS/c19-13-9-11-14(12-10-13)20-15-5-1-3-7-17(15)21-18-8-4-2-6-16(18)20/h9-12,15-18H,1-8H2. The Morgan fingerprint density at radius 3 is 1.90 bits per heavy atom. The van der Waals surface area contributed by atoms with E-state index in [0.717, 1.165) is 22.6 Å². The number of nitrogens with zero attached hydrogens (tertiary/aromatic N) is 1. The Morgan fingerprint density at radius 2 is 1.33 bits per heavy atom.